The minimum atomic E-state index is -0.316. The fourth-order valence-corrected chi connectivity index (χ4v) is 2.69. The molecule has 0 saturated carbocycles. The molecule has 1 aliphatic rings. The summed E-state index contributed by atoms with van der Waals surface area (Å²) < 4.78 is 5.24. The first-order valence-electron chi connectivity index (χ1n) is 7.92. The van der Waals surface area contributed by atoms with E-state index in [1.165, 1.54) is 0 Å². The lowest BCUT2D eigenvalue weighted by molar-refractivity contribution is 0.0482. The van der Waals surface area contributed by atoms with Gasteiger partial charge in [-0.3, -0.25) is 5.41 Å². The van der Waals surface area contributed by atoms with Crippen LogP contribution in [0.3, 0.4) is 0 Å². The average molecular weight is 323 g/mol. The Bertz CT molecular complexity index is 753. The van der Waals surface area contributed by atoms with Crippen LogP contribution in [-0.4, -0.2) is 44.0 Å². The Morgan fingerprint density at radius 3 is 2.54 bits per heavy atom. The monoisotopic (exact) mass is 323 g/mol. The summed E-state index contributed by atoms with van der Waals surface area (Å²) in [6.07, 6.45) is 0. The number of benzene rings is 2. The maximum Gasteiger partial charge on any atom is 0.338 e. The summed E-state index contributed by atoms with van der Waals surface area (Å²) in [6, 6.07) is 15.2. The minimum Gasteiger partial charge on any atom is -0.461 e. The average Bonchev–Trinajstić information content (AvgIpc) is 2.92. The second-order valence-corrected chi connectivity index (χ2v) is 6.08. The van der Waals surface area contributed by atoms with Crippen LogP contribution in [0.2, 0.25) is 0 Å². The first-order chi connectivity index (χ1) is 11.6. The lowest BCUT2D eigenvalue weighted by Gasteiger charge is -2.18. The molecule has 0 fully saturated rings. The smallest absolute Gasteiger partial charge is 0.338 e. The zero-order valence-electron chi connectivity index (χ0n) is 14.0. The molecule has 2 aromatic rings. The highest BCUT2D eigenvalue weighted by atomic mass is 16.5. The van der Waals surface area contributed by atoms with Crippen molar-refractivity contribution in [1.82, 2.24) is 4.90 Å². The molecule has 5 heteroatoms. The highest BCUT2D eigenvalue weighted by Gasteiger charge is 2.24. The quantitative estimate of drug-likeness (QED) is 0.860. The van der Waals surface area contributed by atoms with E-state index in [1.54, 1.807) is 12.1 Å². The van der Waals surface area contributed by atoms with Crippen molar-refractivity contribution in [2.75, 3.05) is 32.1 Å². The predicted molar refractivity (Wildman–Crippen MR) is 94.7 cm³/mol. The van der Waals surface area contributed by atoms with E-state index in [2.05, 4.69) is 0 Å². The molecule has 24 heavy (non-hydrogen) atoms. The maximum absolute atomic E-state index is 12.0. The van der Waals surface area contributed by atoms with Crippen molar-refractivity contribution in [2.45, 2.75) is 6.54 Å². The number of amidine groups is 1. The topological polar surface area (TPSA) is 56.6 Å². The van der Waals surface area contributed by atoms with Gasteiger partial charge in [-0.25, -0.2) is 4.79 Å². The molecule has 5 nitrogen and oxygen atoms in total. The van der Waals surface area contributed by atoms with E-state index < -0.39 is 0 Å². The van der Waals surface area contributed by atoms with Crippen LogP contribution in [0.4, 0.5) is 5.69 Å². The van der Waals surface area contributed by atoms with Gasteiger partial charge in [0.05, 0.1) is 12.1 Å². The number of esters is 1. The van der Waals surface area contributed by atoms with Crippen molar-refractivity contribution in [3.05, 3.63) is 65.2 Å². The number of hydrogen-bond donors (Lipinski definition) is 1. The van der Waals surface area contributed by atoms with Gasteiger partial charge in [0.1, 0.15) is 12.4 Å². The van der Waals surface area contributed by atoms with Crippen molar-refractivity contribution < 1.29 is 9.53 Å². The minimum absolute atomic E-state index is 0.316. The van der Waals surface area contributed by atoms with Gasteiger partial charge < -0.3 is 14.5 Å². The van der Waals surface area contributed by atoms with Gasteiger partial charge in [0.25, 0.3) is 0 Å². The molecule has 0 aromatic heterocycles. The number of hydrogen-bond acceptors (Lipinski definition) is 4. The highest BCUT2D eigenvalue weighted by molar-refractivity contribution is 6.11. The van der Waals surface area contributed by atoms with Gasteiger partial charge >= 0.3 is 5.97 Å². The fraction of sp³-hybridized carbons (Fsp3) is 0.263. The van der Waals surface area contributed by atoms with E-state index in [0.717, 1.165) is 16.8 Å². The molecule has 124 valence electrons. The Hall–Kier alpha value is -2.66. The van der Waals surface area contributed by atoms with Crippen LogP contribution in [0.1, 0.15) is 21.5 Å². The van der Waals surface area contributed by atoms with Crippen molar-refractivity contribution in [3.8, 4) is 0 Å². The number of fused-ring (bicyclic) bond motifs is 1. The van der Waals surface area contributed by atoms with Gasteiger partial charge in [0.2, 0.25) is 0 Å². The molecule has 0 unspecified atom stereocenters. The molecule has 0 spiro atoms. The van der Waals surface area contributed by atoms with E-state index in [1.807, 2.05) is 60.3 Å². The van der Waals surface area contributed by atoms with Crippen LogP contribution in [0.5, 0.6) is 0 Å². The van der Waals surface area contributed by atoms with Gasteiger partial charge in [-0.2, -0.15) is 0 Å². The molecule has 1 N–H and O–H groups in total. The molecule has 2 aromatic carbocycles. The summed E-state index contributed by atoms with van der Waals surface area (Å²) in [5, 5.41) is 8.32. The summed E-state index contributed by atoms with van der Waals surface area (Å²) in [7, 11) is 3.87. The number of anilines is 1. The third kappa shape index (κ3) is 3.31. The molecule has 0 saturated heterocycles. The van der Waals surface area contributed by atoms with Gasteiger partial charge in [0, 0.05) is 17.8 Å². The molecule has 3 rings (SSSR count). The highest BCUT2D eigenvalue weighted by Crippen LogP contribution is 2.28. The number of ether oxygens (including phenoxy) is 1. The van der Waals surface area contributed by atoms with Crippen molar-refractivity contribution >= 4 is 17.5 Å². The Labute approximate surface area is 142 Å². The van der Waals surface area contributed by atoms with E-state index in [0.29, 0.717) is 31.1 Å². The maximum atomic E-state index is 12.0. The fourth-order valence-electron chi connectivity index (χ4n) is 2.69. The Kier molecular flexibility index (Phi) is 4.62. The first kappa shape index (κ1) is 16.2. The molecule has 0 radical (unpaired) electrons. The SMILES string of the molecule is CN(C)CCOC(=O)c1ccc(N2Cc3ccccc3C2=N)cc1. The number of rotatable bonds is 5. The summed E-state index contributed by atoms with van der Waals surface area (Å²) in [5.74, 6) is 0.176. The van der Waals surface area contributed by atoms with Crippen LogP contribution in [-0.2, 0) is 11.3 Å². The first-order valence-corrected chi connectivity index (χ1v) is 7.92. The van der Waals surface area contributed by atoms with Gasteiger partial charge in [-0.1, -0.05) is 24.3 Å². The number of carbonyl (C=O) groups excluding carboxylic acids is 1. The molecule has 0 bridgehead atoms. The lowest BCUT2D eigenvalue weighted by atomic mass is 10.1. The third-order valence-electron chi connectivity index (χ3n) is 4.06. The van der Waals surface area contributed by atoms with Crippen LogP contribution in [0.25, 0.3) is 0 Å². The summed E-state index contributed by atoms with van der Waals surface area (Å²) >= 11 is 0. The molecular weight excluding hydrogens is 302 g/mol. The molecule has 1 aliphatic heterocycles. The van der Waals surface area contributed by atoms with Gasteiger partial charge in [-0.05, 0) is 43.9 Å². The normalized spacial score (nSPS) is 13.3. The number of carbonyl (C=O) groups is 1. The van der Waals surface area contributed by atoms with Crippen molar-refractivity contribution in [3.63, 3.8) is 0 Å². The zero-order valence-corrected chi connectivity index (χ0v) is 14.0. The molecule has 0 atom stereocenters. The van der Waals surface area contributed by atoms with Crippen LogP contribution in [0, 0.1) is 5.41 Å². The van der Waals surface area contributed by atoms with Gasteiger partial charge in [0.15, 0.2) is 0 Å². The third-order valence-corrected chi connectivity index (χ3v) is 4.06. The Balaban J connectivity index is 1.67. The van der Waals surface area contributed by atoms with E-state index in [4.69, 9.17) is 10.1 Å². The number of likely N-dealkylation sites (N-methyl/N-ethyl adjacent to an activating group) is 1. The van der Waals surface area contributed by atoms with Crippen LogP contribution < -0.4 is 4.90 Å². The van der Waals surface area contributed by atoms with E-state index in [-0.39, 0.29) is 5.97 Å². The van der Waals surface area contributed by atoms with Gasteiger partial charge in [-0.15, -0.1) is 0 Å². The number of nitrogens with one attached hydrogen (secondary N) is 1. The summed E-state index contributed by atoms with van der Waals surface area (Å²) in [4.78, 5) is 15.9. The molecule has 0 aliphatic carbocycles. The van der Waals surface area contributed by atoms with Crippen LogP contribution in [0.15, 0.2) is 48.5 Å². The lowest BCUT2D eigenvalue weighted by Crippen LogP contribution is -2.23. The second-order valence-electron chi connectivity index (χ2n) is 6.08. The molecule has 0 amide bonds. The van der Waals surface area contributed by atoms with Crippen LogP contribution >= 0.6 is 0 Å². The number of nitrogens with zero attached hydrogens (tertiary/aromatic N) is 2. The van der Waals surface area contributed by atoms with Crippen molar-refractivity contribution in [1.29, 1.82) is 5.41 Å². The zero-order chi connectivity index (χ0) is 17.1. The predicted octanol–water partition coefficient (Wildman–Crippen LogP) is 2.75. The van der Waals surface area contributed by atoms with E-state index in [9.17, 15) is 4.79 Å². The Morgan fingerprint density at radius 2 is 1.88 bits per heavy atom. The molecular formula is C19H21N3O2. The summed E-state index contributed by atoms with van der Waals surface area (Å²) in [5.41, 5.74) is 3.54. The van der Waals surface area contributed by atoms with Crippen molar-refractivity contribution in [2.24, 2.45) is 0 Å². The van der Waals surface area contributed by atoms with E-state index >= 15 is 0 Å². The Morgan fingerprint density at radius 1 is 1.17 bits per heavy atom. The largest absolute Gasteiger partial charge is 0.461 e. The standard InChI is InChI=1S/C19H21N3O2/c1-21(2)11-12-24-19(23)14-7-9-16(10-8-14)22-13-15-5-3-4-6-17(15)18(22)20/h3-10,20H,11-13H2,1-2H3. The summed E-state index contributed by atoms with van der Waals surface area (Å²) in [6.45, 7) is 1.76. The molecule has 1 heterocycles. The second kappa shape index (κ2) is 6.84.